The fraction of sp³-hybridized carbons (Fsp3) is 0.455. The van der Waals surface area contributed by atoms with Gasteiger partial charge < -0.3 is 15.2 Å². The molecule has 2 N–H and O–H groups in total. The molecule has 2 rings (SSSR count). The maximum atomic E-state index is 9.41. The van der Waals surface area contributed by atoms with Crippen molar-refractivity contribution in [1.82, 2.24) is 5.32 Å². The third-order valence-electron chi connectivity index (χ3n) is 2.64. The molecule has 1 atom stereocenters. The van der Waals surface area contributed by atoms with E-state index < -0.39 is 0 Å². The van der Waals surface area contributed by atoms with Crippen molar-refractivity contribution in [2.24, 2.45) is 0 Å². The first-order valence-electron chi connectivity index (χ1n) is 4.82. The molecule has 3 nitrogen and oxygen atoms in total. The van der Waals surface area contributed by atoms with Crippen molar-refractivity contribution in [1.29, 1.82) is 0 Å². The average Bonchev–Trinajstić information content (AvgIpc) is 2.19. The Morgan fingerprint density at radius 2 is 2.43 bits per heavy atom. The minimum Gasteiger partial charge on any atom is -0.508 e. The third kappa shape index (κ3) is 1.74. The summed E-state index contributed by atoms with van der Waals surface area (Å²) in [5.41, 5.74) is 2.47. The fourth-order valence-electron chi connectivity index (χ4n) is 1.96. The molecule has 1 aromatic carbocycles. The van der Waals surface area contributed by atoms with E-state index in [4.69, 9.17) is 4.74 Å². The van der Waals surface area contributed by atoms with Crippen LogP contribution >= 0.6 is 0 Å². The number of methoxy groups -OCH3 is 1. The molecule has 76 valence electrons. The van der Waals surface area contributed by atoms with Crippen molar-refractivity contribution < 1.29 is 9.84 Å². The second-order valence-electron chi connectivity index (χ2n) is 3.67. The molecule has 0 aromatic heterocycles. The van der Waals surface area contributed by atoms with Gasteiger partial charge in [0.2, 0.25) is 0 Å². The molecular formula is C11H15NO2. The molecule has 0 spiro atoms. The van der Waals surface area contributed by atoms with Crippen molar-refractivity contribution in [2.75, 3.05) is 20.3 Å². The zero-order valence-corrected chi connectivity index (χ0v) is 8.29. The van der Waals surface area contributed by atoms with E-state index >= 15 is 0 Å². The summed E-state index contributed by atoms with van der Waals surface area (Å²) in [5, 5.41) is 12.7. The summed E-state index contributed by atoms with van der Waals surface area (Å²) in [4.78, 5) is 0. The first-order chi connectivity index (χ1) is 6.81. The SMILES string of the molecule is COCC1CNCc2ccc(O)cc21. The van der Waals surface area contributed by atoms with Crippen molar-refractivity contribution in [3.63, 3.8) is 0 Å². The van der Waals surface area contributed by atoms with E-state index in [1.165, 1.54) is 11.1 Å². The lowest BCUT2D eigenvalue weighted by Gasteiger charge is -2.25. The van der Waals surface area contributed by atoms with E-state index in [0.29, 0.717) is 18.3 Å². The number of aromatic hydroxyl groups is 1. The minimum atomic E-state index is 0.340. The van der Waals surface area contributed by atoms with Gasteiger partial charge >= 0.3 is 0 Å². The van der Waals surface area contributed by atoms with E-state index in [0.717, 1.165) is 13.1 Å². The molecule has 0 saturated heterocycles. The summed E-state index contributed by atoms with van der Waals surface area (Å²) in [6.07, 6.45) is 0. The summed E-state index contributed by atoms with van der Waals surface area (Å²) < 4.78 is 5.16. The molecule has 1 unspecified atom stereocenters. The first-order valence-corrected chi connectivity index (χ1v) is 4.82. The predicted molar refractivity (Wildman–Crippen MR) is 54.4 cm³/mol. The summed E-state index contributed by atoms with van der Waals surface area (Å²) in [6, 6.07) is 5.55. The van der Waals surface area contributed by atoms with Crippen LogP contribution in [-0.2, 0) is 11.3 Å². The molecule has 0 saturated carbocycles. The molecular weight excluding hydrogens is 178 g/mol. The van der Waals surface area contributed by atoms with Gasteiger partial charge in [-0.1, -0.05) is 6.07 Å². The van der Waals surface area contributed by atoms with Gasteiger partial charge in [0.15, 0.2) is 0 Å². The Hall–Kier alpha value is -1.06. The monoisotopic (exact) mass is 193 g/mol. The topological polar surface area (TPSA) is 41.5 Å². The maximum absolute atomic E-state index is 9.41. The summed E-state index contributed by atoms with van der Waals surface area (Å²) in [5.74, 6) is 0.697. The van der Waals surface area contributed by atoms with Crippen molar-refractivity contribution in [3.8, 4) is 5.75 Å². The van der Waals surface area contributed by atoms with E-state index in [1.54, 1.807) is 13.2 Å². The van der Waals surface area contributed by atoms with Crippen LogP contribution in [0.3, 0.4) is 0 Å². The van der Waals surface area contributed by atoms with Gasteiger partial charge in [0, 0.05) is 26.1 Å². The Kier molecular flexibility index (Phi) is 2.70. The van der Waals surface area contributed by atoms with Crippen LogP contribution in [0.15, 0.2) is 18.2 Å². The molecule has 14 heavy (non-hydrogen) atoms. The standard InChI is InChI=1S/C11H15NO2/c1-14-7-9-6-12-5-8-2-3-10(13)4-11(8)9/h2-4,9,12-13H,5-7H2,1H3. The van der Waals surface area contributed by atoms with Crippen LogP contribution < -0.4 is 5.32 Å². The normalized spacial score (nSPS) is 20.5. The lowest BCUT2D eigenvalue weighted by atomic mass is 9.91. The number of nitrogens with one attached hydrogen (secondary N) is 1. The number of hydrogen-bond donors (Lipinski definition) is 2. The number of phenols is 1. The lowest BCUT2D eigenvalue weighted by molar-refractivity contribution is 0.175. The van der Waals surface area contributed by atoms with Gasteiger partial charge in [-0.15, -0.1) is 0 Å². The van der Waals surface area contributed by atoms with Crippen LogP contribution in [0.2, 0.25) is 0 Å². The highest BCUT2D eigenvalue weighted by atomic mass is 16.5. The third-order valence-corrected chi connectivity index (χ3v) is 2.64. The molecule has 1 aliphatic heterocycles. The van der Waals surface area contributed by atoms with Gasteiger partial charge in [0.1, 0.15) is 5.75 Å². The number of phenolic OH excluding ortho intramolecular Hbond substituents is 1. The molecule has 1 heterocycles. The molecule has 0 aliphatic carbocycles. The van der Waals surface area contributed by atoms with Crippen LogP contribution in [0, 0.1) is 0 Å². The van der Waals surface area contributed by atoms with E-state index in [-0.39, 0.29) is 0 Å². The highest BCUT2D eigenvalue weighted by Crippen LogP contribution is 2.27. The summed E-state index contributed by atoms with van der Waals surface area (Å²) >= 11 is 0. The predicted octanol–water partition coefficient (Wildman–Crippen LogP) is 1.23. The maximum Gasteiger partial charge on any atom is 0.115 e. The van der Waals surface area contributed by atoms with Gasteiger partial charge in [-0.3, -0.25) is 0 Å². The minimum absolute atomic E-state index is 0.340. The number of rotatable bonds is 2. The highest BCUT2D eigenvalue weighted by molar-refractivity contribution is 5.38. The van der Waals surface area contributed by atoms with Crippen molar-refractivity contribution >= 4 is 0 Å². The number of hydrogen-bond acceptors (Lipinski definition) is 3. The molecule has 0 amide bonds. The number of ether oxygens (including phenoxy) is 1. The Labute approximate surface area is 83.7 Å². The first kappa shape index (κ1) is 9.49. The molecule has 1 aliphatic rings. The zero-order valence-electron chi connectivity index (χ0n) is 8.29. The van der Waals surface area contributed by atoms with Crippen LogP contribution in [0.4, 0.5) is 0 Å². The quantitative estimate of drug-likeness (QED) is 0.742. The van der Waals surface area contributed by atoms with E-state index in [1.807, 2.05) is 12.1 Å². The number of fused-ring (bicyclic) bond motifs is 1. The molecule has 3 heteroatoms. The Bertz CT molecular complexity index is 325. The van der Waals surface area contributed by atoms with Crippen LogP contribution in [0.25, 0.3) is 0 Å². The van der Waals surface area contributed by atoms with Crippen LogP contribution in [0.1, 0.15) is 17.0 Å². The molecule has 0 radical (unpaired) electrons. The second kappa shape index (κ2) is 3.98. The smallest absolute Gasteiger partial charge is 0.115 e. The highest BCUT2D eigenvalue weighted by Gasteiger charge is 2.19. The van der Waals surface area contributed by atoms with Gasteiger partial charge in [-0.05, 0) is 23.3 Å². The zero-order chi connectivity index (χ0) is 9.97. The molecule has 1 aromatic rings. The van der Waals surface area contributed by atoms with Crippen LogP contribution in [-0.4, -0.2) is 25.4 Å². The fourth-order valence-corrected chi connectivity index (χ4v) is 1.96. The number of benzene rings is 1. The molecule has 0 bridgehead atoms. The van der Waals surface area contributed by atoms with Gasteiger partial charge in [0.05, 0.1) is 6.61 Å². The Morgan fingerprint density at radius 3 is 3.21 bits per heavy atom. The van der Waals surface area contributed by atoms with Gasteiger partial charge in [0.25, 0.3) is 0 Å². The summed E-state index contributed by atoms with van der Waals surface area (Å²) in [7, 11) is 1.71. The van der Waals surface area contributed by atoms with Gasteiger partial charge in [-0.2, -0.15) is 0 Å². The van der Waals surface area contributed by atoms with E-state index in [2.05, 4.69) is 5.32 Å². The van der Waals surface area contributed by atoms with Crippen molar-refractivity contribution in [2.45, 2.75) is 12.5 Å². The largest absolute Gasteiger partial charge is 0.508 e. The Balaban J connectivity index is 2.32. The van der Waals surface area contributed by atoms with E-state index in [9.17, 15) is 5.11 Å². The average molecular weight is 193 g/mol. The summed E-state index contributed by atoms with van der Waals surface area (Å²) in [6.45, 7) is 2.50. The van der Waals surface area contributed by atoms with Crippen molar-refractivity contribution in [3.05, 3.63) is 29.3 Å². The lowest BCUT2D eigenvalue weighted by Crippen LogP contribution is -2.30. The molecule has 0 fully saturated rings. The van der Waals surface area contributed by atoms with Gasteiger partial charge in [-0.25, -0.2) is 0 Å². The Morgan fingerprint density at radius 1 is 1.57 bits per heavy atom. The van der Waals surface area contributed by atoms with Crippen LogP contribution in [0.5, 0.6) is 5.75 Å². The second-order valence-corrected chi connectivity index (χ2v) is 3.67.